The number of nitrogens with zero attached hydrogens (tertiary/aromatic N) is 1. The van der Waals surface area contributed by atoms with E-state index in [1.807, 2.05) is 36.4 Å². The summed E-state index contributed by atoms with van der Waals surface area (Å²) in [4.78, 5) is 16.7. The van der Waals surface area contributed by atoms with Crippen LogP contribution in [0.15, 0.2) is 60.9 Å². The summed E-state index contributed by atoms with van der Waals surface area (Å²) in [5, 5.41) is 6.11. The molecule has 0 atom stereocenters. The van der Waals surface area contributed by atoms with E-state index in [1.54, 1.807) is 39.7 Å². The van der Waals surface area contributed by atoms with E-state index in [2.05, 4.69) is 15.6 Å². The standard InChI is InChI=1S/C22H23N3O4/c1-27-18-6-4-15(5-7-18)12-24-22(26)16-10-17(14-23-13-16)25-20-11-19(28-2)8-9-21(20)29-3/h4-11,13-14,25H,12H2,1-3H3,(H,24,26). The van der Waals surface area contributed by atoms with Gasteiger partial charge in [-0.25, -0.2) is 0 Å². The van der Waals surface area contributed by atoms with E-state index in [0.29, 0.717) is 35.0 Å². The molecule has 7 nitrogen and oxygen atoms in total. The third kappa shape index (κ3) is 5.16. The van der Waals surface area contributed by atoms with Crippen LogP contribution in [0, 0.1) is 0 Å². The molecular formula is C22H23N3O4. The molecule has 0 spiro atoms. The van der Waals surface area contributed by atoms with Gasteiger partial charge >= 0.3 is 0 Å². The quantitative estimate of drug-likeness (QED) is 0.606. The molecule has 3 aromatic rings. The fourth-order valence-corrected chi connectivity index (χ4v) is 2.73. The van der Waals surface area contributed by atoms with Crippen LogP contribution < -0.4 is 24.8 Å². The van der Waals surface area contributed by atoms with E-state index in [4.69, 9.17) is 14.2 Å². The molecule has 0 aliphatic heterocycles. The summed E-state index contributed by atoms with van der Waals surface area (Å²) >= 11 is 0. The minimum absolute atomic E-state index is 0.213. The molecule has 0 aliphatic carbocycles. The SMILES string of the molecule is COc1ccc(CNC(=O)c2cncc(Nc3cc(OC)ccc3OC)c2)cc1. The monoisotopic (exact) mass is 393 g/mol. The Bertz CT molecular complexity index is 974. The van der Waals surface area contributed by atoms with E-state index in [-0.39, 0.29) is 5.91 Å². The average molecular weight is 393 g/mol. The molecule has 0 saturated heterocycles. The Morgan fingerprint density at radius 3 is 2.31 bits per heavy atom. The minimum Gasteiger partial charge on any atom is -0.497 e. The molecule has 0 unspecified atom stereocenters. The largest absolute Gasteiger partial charge is 0.497 e. The predicted octanol–water partition coefficient (Wildman–Crippen LogP) is 3.78. The zero-order chi connectivity index (χ0) is 20.6. The molecule has 1 aromatic heterocycles. The molecule has 0 fully saturated rings. The maximum atomic E-state index is 12.5. The van der Waals surface area contributed by atoms with Crippen LogP contribution in [0.2, 0.25) is 0 Å². The third-order valence-electron chi connectivity index (χ3n) is 4.30. The van der Waals surface area contributed by atoms with Crippen molar-refractivity contribution in [3.63, 3.8) is 0 Å². The number of hydrogen-bond acceptors (Lipinski definition) is 6. The van der Waals surface area contributed by atoms with Crippen LogP contribution in [0.4, 0.5) is 11.4 Å². The Morgan fingerprint density at radius 2 is 1.62 bits per heavy atom. The van der Waals surface area contributed by atoms with Crippen LogP contribution in [-0.2, 0) is 6.54 Å². The van der Waals surface area contributed by atoms with E-state index in [0.717, 1.165) is 11.3 Å². The lowest BCUT2D eigenvalue weighted by molar-refractivity contribution is 0.0950. The fraction of sp³-hybridized carbons (Fsp3) is 0.182. The number of amides is 1. The van der Waals surface area contributed by atoms with Crippen LogP contribution in [0.25, 0.3) is 0 Å². The normalized spacial score (nSPS) is 10.2. The number of anilines is 2. The lowest BCUT2D eigenvalue weighted by atomic mass is 10.2. The van der Waals surface area contributed by atoms with Gasteiger partial charge in [0.2, 0.25) is 0 Å². The Morgan fingerprint density at radius 1 is 0.897 bits per heavy atom. The van der Waals surface area contributed by atoms with Crippen LogP contribution in [-0.4, -0.2) is 32.2 Å². The van der Waals surface area contributed by atoms with Crippen molar-refractivity contribution in [2.24, 2.45) is 0 Å². The highest BCUT2D eigenvalue weighted by atomic mass is 16.5. The van der Waals surface area contributed by atoms with Gasteiger partial charge < -0.3 is 24.8 Å². The van der Waals surface area contributed by atoms with Crippen molar-refractivity contribution in [1.29, 1.82) is 0 Å². The smallest absolute Gasteiger partial charge is 0.253 e. The number of nitrogens with one attached hydrogen (secondary N) is 2. The maximum absolute atomic E-state index is 12.5. The van der Waals surface area contributed by atoms with Crippen molar-refractivity contribution in [3.05, 3.63) is 72.1 Å². The number of hydrogen-bond donors (Lipinski definition) is 2. The number of benzene rings is 2. The molecule has 0 bridgehead atoms. The van der Waals surface area contributed by atoms with Crippen molar-refractivity contribution in [1.82, 2.24) is 10.3 Å². The number of carbonyl (C=O) groups excluding carboxylic acids is 1. The first-order valence-corrected chi connectivity index (χ1v) is 8.98. The molecule has 0 saturated carbocycles. The summed E-state index contributed by atoms with van der Waals surface area (Å²) < 4.78 is 15.8. The highest BCUT2D eigenvalue weighted by Gasteiger charge is 2.10. The van der Waals surface area contributed by atoms with Crippen LogP contribution in [0.5, 0.6) is 17.2 Å². The first-order chi connectivity index (χ1) is 14.1. The second-order valence-electron chi connectivity index (χ2n) is 6.18. The van der Waals surface area contributed by atoms with E-state index < -0.39 is 0 Å². The zero-order valence-corrected chi connectivity index (χ0v) is 16.6. The van der Waals surface area contributed by atoms with Gasteiger partial charge in [-0.15, -0.1) is 0 Å². The minimum atomic E-state index is -0.213. The summed E-state index contributed by atoms with van der Waals surface area (Å²) in [6.07, 6.45) is 3.16. The second-order valence-corrected chi connectivity index (χ2v) is 6.18. The molecule has 29 heavy (non-hydrogen) atoms. The number of carbonyl (C=O) groups is 1. The van der Waals surface area contributed by atoms with Gasteiger partial charge in [0.1, 0.15) is 17.2 Å². The summed E-state index contributed by atoms with van der Waals surface area (Å²) in [5.41, 5.74) is 2.80. The molecule has 0 aliphatic rings. The van der Waals surface area contributed by atoms with Gasteiger partial charge in [0, 0.05) is 18.8 Å². The molecular weight excluding hydrogens is 370 g/mol. The third-order valence-corrected chi connectivity index (χ3v) is 4.30. The first kappa shape index (κ1) is 20.0. The van der Waals surface area contributed by atoms with Crippen LogP contribution in [0.3, 0.4) is 0 Å². The molecule has 150 valence electrons. The molecule has 3 rings (SSSR count). The van der Waals surface area contributed by atoms with Gasteiger partial charge in [0.05, 0.1) is 44.5 Å². The summed E-state index contributed by atoms with van der Waals surface area (Å²) in [5.74, 6) is 1.90. The lowest BCUT2D eigenvalue weighted by Gasteiger charge is -2.13. The summed E-state index contributed by atoms with van der Waals surface area (Å²) in [6, 6.07) is 14.7. The van der Waals surface area contributed by atoms with E-state index >= 15 is 0 Å². The molecule has 2 aromatic carbocycles. The Kier molecular flexibility index (Phi) is 6.52. The Balaban J connectivity index is 1.69. The fourth-order valence-electron chi connectivity index (χ4n) is 2.73. The zero-order valence-electron chi connectivity index (χ0n) is 16.6. The first-order valence-electron chi connectivity index (χ1n) is 8.98. The lowest BCUT2D eigenvalue weighted by Crippen LogP contribution is -2.23. The molecule has 0 radical (unpaired) electrons. The van der Waals surface area contributed by atoms with Crippen molar-refractivity contribution in [2.45, 2.75) is 6.54 Å². The van der Waals surface area contributed by atoms with Gasteiger partial charge in [-0.3, -0.25) is 9.78 Å². The molecule has 1 heterocycles. The Hall–Kier alpha value is -3.74. The predicted molar refractivity (Wildman–Crippen MR) is 111 cm³/mol. The number of rotatable bonds is 8. The van der Waals surface area contributed by atoms with Crippen molar-refractivity contribution >= 4 is 17.3 Å². The van der Waals surface area contributed by atoms with Crippen LogP contribution in [0.1, 0.15) is 15.9 Å². The van der Waals surface area contributed by atoms with Gasteiger partial charge in [-0.05, 0) is 35.9 Å². The highest BCUT2D eigenvalue weighted by Crippen LogP contribution is 2.31. The summed E-state index contributed by atoms with van der Waals surface area (Å²) in [6.45, 7) is 0.407. The van der Waals surface area contributed by atoms with Crippen molar-refractivity contribution in [2.75, 3.05) is 26.6 Å². The number of pyridine rings is 1. The van der Waals surface area contributed by atoms with E-state index in [9.17, 15) is 4.79 Å². The van der Waals surface area contributed by atoms with E-state index in [1.165, 1.54) is 6.20 Å². The van der Waals surface area contributed by atoms with Gasteiger partial charge in [0.15, 0.2) is 0 Å². The van der Waals surface area contributed by atoms with Crippen molar-refractivity contribution in [3.8, 4) is 17.2 Å². The van der Waals surface area contributed by atoms with Crippen molar-refractivity contribution < 1.29 is 19.0 Å². The number of aromatic nitrogens is 1. The van der Waals surface area contributed by atoms with Gasteiger partial charge in [-0.2, -0.15) is 0 Å². The topological polar surface area (TPSA) is 81.7 Å². The molecule has 1 amide bonds. The average Bonchev–Trinajstić information content (AvgIpc) is 2.78. The van der Waals surface area contributed by atoms with Gasteiger partial charge in [-0.1, -0.05) is 12.1 Å². The van der Waals surface area contributed by atoms with Gasteiger partial charge in [0.25, 0.3) is 5.91 Å². The molecule has 2 N–H and O–H groups in total. The number of methoxy groups -OCH3 is 3. The highest BCUT2D eigenvalue weighted by molar-refractivity contribution is 5.94. The summed E-state index contributed by atoms with van der Waals surface area (Å²) in [7, 11) is 4.81. The Labute approximate surface area is 169 Å². The van der Waals surface area contributed by atoms with Crippen LogP contribution >= 0.6 is 0 Å². The maximum Gasteiger partial charge on any atom is 0.253 e. The molecule has 7 heteroatoms. The second kappa shape index (κ2) is 9.45. The number of ether oxygens (including phenoxy) is 3.